The molecule has 2 aromatic heterocycles. The molecule has 0 spiro atoms. The average Bonchev–Trinajstić information content (AvgIpc) is 3.00. The van der Waals surface area contributed by atoms with E-state index in [4.69, 9.17) is 4.98 Å². The molecule has 1 amide bonds. The molecule has 1 aliphatic carbocycles. The van der Waals surface area contributed by atoms with Crippen molar-refractivity contribution in [3.8, 4) is 0 Å². The number of aromatic nitrogens is 2. The molecular weight excluding hydrogens is 416 g/mol. The molecule has 0 fully saturated rings. The second-order valence-corrected chi connectivity index (χ2v) is 11.8. The summed E-state index contributed by atoms with van der Waals surface area (Å²) in [6.45, 7) is 9.31. The van der Waals surface area contributed by atoms with E-state index in [1.807, 2.05) is 41.8 Å². The molecule has 2 heterocycles. The van der Waals surface area contributed by atoms with Gasteiger partial charge in [-0.25, -0.2) is 4.98 Å². The fourth-order valence-electron chi connectivity index (χ4n) is 3.73. The molecule has 0 aliphatic heterocycles. The van der Waals surface area contributed by atoms with Gasteiger partial charge >= 0.3 is 0 Å². The van der Waals surface area contributed by atoms with Gasteiger partial charge in [0.05, 0.1) is 10.6 Å². The Morgan fingerprint density at radius 1 is 1.30 bits per heavy atom. The number of amides is 1. The maximum absolute atomic E-state index is 13.5. The number of nitrogens with one attached hydrogen (secondary N) is 1. The summed E-state index contributed by atoms with van der Waals surface area (Å²) in [5.74, 6) is -0.0350. The van der Waals surface area contributed by atoms with Gasteiger partial charge in [-0.1, -0.05) is 11.8 Å². The van der Waals surface area contributed by atoms with Gasteiger partial charge in [0, 0.05) is 17.0 Å². The standard InChI is InChI=1S/C22H34N4O2S2/c1-14(18(27)24-22(2,3)4)29-21-23-19-17(15-10-7-8-11-16(15)30-19)20(28)26(21)13-9-12-25(5)6/h14H,7-13H2,1-6H3,(H,24,27). The zero-order valence-corrected chi connectivity index (χ0v) is 20.6. The highest BCUT2D eigenvalue weighted by Gasteiger charge is 2.25. The van der Waals surface area contributed by atoms with E-state index in [0.29, 0.717) is 11.7 Å². The molecule has 1 unspecified atom stereocenters. The monoisotopic (exact) mass is 450 g/mol. The van der Waals surface area contributed by atoms with Crippen LogP contribution in [0.5, 0.6) is 0 Å². The highest BCUT2D eigenvalue weighted by atomic mass is 32.2. The Balaban J connectivity index is 1.98. The van der Waals surface area contributed by atoms with E-state index in [2.05, 4.69) is 10.2 Å². The topological polar surface area (TPSA) is 67.2 Å². The van der Waals surface area contributed by atoms with E-state index >= 15 is 0 Å². The largest absolute Gasteiger partial charge is 0.351 e. The summed E-state index contributed by atoms with van der Waals surface area (Å²) in [5.41, 5.74) is 0.987. The number of nitrogens with zero attached hydrogens (tertiary/aromatic N) is 3. The van der Waals surface area contributed by atoms with Crippen molar-refractivity contribution in [2.45, 2.75) is 82.3 Å². The van der Waals surface area contributed by atoms with Crippen LogP contribution in [0.3, 0.4) is 0 Å². The smallest absolute Gasteiger partial charge is 0.263 e. The van der Waals surface area contributed by atoms with E-state index in [9.17, 15) is 9.59 Å². The minimum atomic E-state index is -0.330. The Morgan fingerprint density at radius 2 is 2.00 bits per heavy atom. The van der Waals surface area contributed by atoms with Gasteiger partial charge in [-0.15, -0.1) is 11.3 Å². The predicted molar refractivity (Wildman–Crippen MR) is 127 cm³/mol. The van der Waals surface area contributed by atoms with Gasteiger partial charge in [0.25, 0.3) is 5.56 Å². The summed E-state index contributed by atoms with van der Waals surface area (Å²) in [5, 5.41) is 4.17. The highest BCUT2D eigenvalue weighted by molar-refractivity contribution is 8.00. The first-order valence-corrected chi connectivity index (χ1v) is 12.4. The number of thiophene rings is 1. The summed E-state index contributed by atoms with van der Waals surface area (Å²) in [6, 6.07) is 0. The zero-order chi connectivity index (χ0) is 22.1. The maximum atomic E-state index is 13.5. The van der Waals surface area contributed by atoms with Crippen molar-refractivity contribution in [3.05, 3.63) is 20.8 Å². The molecule has 3 rings (SSSR count). The van der Waals surface area contributed by atoms with Crippen molar-refractivity contribution in [2.24, 2.45) is 0 Å². The van der Waals surface area contributed by atoms with Crippen molar-refractivity contribution in [3.63, 3.8) is 0 Å². The molecule has 8 heteroatoms. The van der Waals surface area contributed by atoms with Crippen LogP contribution in [-0.2, 0) is 24.2 Å². The van der Waals surface area contributed by atoms with Gasteiger partial charge in [0.2, 0.25) is 5.91 Å². The molecular formula is C22H34N4O2S2. The lowest BCUT2D eigenvalue weighted by atomic mass is 9.97. The van der Waals surface area contributed by atoms with Crippen LogP contribution in [0.15, 0.2) is 9.95 Å². The van der Waals surface area contributed by atoms with Crippen LogP contribution in [-0.4, -0.2) is 51.8 Å². The highest BCUT2D eigenvalue weighted by Crippen LogP contribution is 2.35. The Morgan fingerprint density at radius 3 is 2.67 bits per heavy atom. The number of hydrogen-bond acceptors (Lipinski definition) is 6. The van der Waals surface area contributed by atoms with Gasteiger partial charge in [0.15, 0.2) is 5.16 Å². The van der Waals surface area contributed by atoms with E-state index in [1.165, 1.54) is 28.6 Å². The van der Waals surface area contributed by atoms with Crippen LogP contribution >= 0.6 is 23.1 Å². The molecule has 0 radical (unpaired) electrons. The quantitative estimate of drug-likeness (QED) is 0.515. The molecule has 0 bridgehead atoms. The normalized spacial score (nSPS) is 15.4. The second-order valence-electron chi connectivity index (χ2n) is 9.40. The molecule has 1 atom stereocenters. The molecule has 0 saturated heterocycles. The minimum Gasteiger partial charge on any atom is -0.351 e. The van der Waals surface area contributed by atoms with Crippen LogP contribution in [0.2, 0.25) is 0 Å². The minimum absolute atomic E-state index is 0.0350. The van der Waals surface area contributed by atoms with Gasteiger partial charge in [-0.2, -0.15) is 0 Å². The van der Waals surface area contributed by atoms with Crippen LogP contribution < -0.4 is 10.9 Å². The number of hydrogen-bond donors (Lipinski definition) is 1. The van der Waals surface area contributed by atoms with Crippen molar-refractivity contribution >= 4 is 39.2 Å². The van der Waals surface area contributed by atoms with Crippen LogP contribution in [0.1, 0.15) is 57.4 Å². The molecule has 1 N–H and O–H groups in total. The molecule has 30 heavy (non-hydrogen) atoms. The molecule has 1 aliphatic rings. The van der Waals surface area contributed by atoms with Crippen LogP contribution in [0, 0.1) is 0 Å². The molecule has 2 aromatic rings. The summed E-state index contributed by atoms with van der Waals surface area (Å²) in [6.07, 6.45) is 5.20. The fourth-order valence-corrected chi connectivity index (χ4v) is 5.97. The SMILES string of the molecule is CC(Sc1nc2sc3c(c2c(=O)n1CCCN(C)C)CCCC3)C(=O)NC(C)(C)C. The van der Waals surface area contributed by atoms with Crippen LogP contribution in [0.25, 0.3) is 10.2 Å². The van der Waals surface area contributed by atoms with Gasteiger partial charge in [-0.05, 0) is 86.0 Å². The summed E-state index contributed by atoms with van der Waals surface area (Å²) < 4.78 is 1.80. The molecule has 0 aromatic carbocycles. The first-order chi connectivity index (χ1) is 14.1. The molecule has 166 valence electrons. The number of rotatable bonds is 7. The lowest BCUT2D eigenvalue weighted by Crippen LogP contribution is -2.44. The van der Waals surface area contributed by atoms with E-state index in [1.54, 1.807) is 15.9 Å². The van der Waals surface area contributed by atoms with Crippen molar-refractivity contribution in [1.29, 1.82) is 0 Å². The number of thioether (sulfide) groups is 1. The van der Waals surface area contributed by atoms with Gasteiger partial charge in [0.1, 0.15) is 4.83 Å². The third-order valence-electron chi connectivity index (χ3n) is 5.18. The van der Waals surface area contributed by atoms with Gasteiger partial charge < -0.3 is 10.2 Å². The van der Waals surface area contributed by atoms with E-state index in [0.717, 1.165) is 42.4 Å². The third kappa shape index (κ3) is 5.45. The van der Waals surface area contributed by atoms with Crippen molar-refractivity contribution in [1.82, 2.24) is 19.8 Å². The molecule has 0 saturated carbocycles. The predicted octanol–water partition coefficient (Wildman–Crippen LogP) is 3.68. The van der Waals surface area contributed by atoms with E-state index < -0.39 is 0 Å². The fraction of sp³-hybridized carbons (Fsp3) is 0.682. The number of carbonyl (C=O) groups is 1. The van der Waals surface area contributed by atoms with Crippen molar-refractivity contribution < 1.29 is 4.79 Å². The number of aryl methyl sites for hydroxylation is 2. The second kappa shape index (κ2) is 9.40. The Bertz CT molecular complexity index is 972. The first-order valence-electron chi connectivity index (χ1n) is 10.8. The Labute approximate surface area is 187 Å². The lowest BCUT2D eigenvalue weighted by Gasteiger charge is -2.23. The summed E-state index contributed by atoms with van der Waals surface area (Å²) >= 11 is 3.05. The van der Waals surface area contributed by atoms with Gasteiger partial charge in [-0.3, -0.25) is 14.2 Å². The maximum Gasteiger partial charge on any atom is 0.263 e. The summed E-state index contributed by atoms with van der Waals surface area (Å²) in [4.78, 5) is 35.4. The van der Waals surface area contributed by atoms with Crippen LogP contribution in [0.4, 0.5) is 0 Å². The zero-order valence-electron chi connectivity index (χ0n) is 19.0. The Hall–Kier alpha value is -1.38. The Kier molecular flexibility index (Phi) is 7.30. The number of fused-ring (bicyclic) bond motifs is 3. The average molecular weight is 451 g/mol. The summed E-state index contributed by atoms with van der Waals surface area (Å²) in [7, 11) is 4.07. The molecule has 6 nitrogen and oxygen atoms in total. The number of carbonyl (C=O) groups excluding carboxylic acids is 1. The van der Waals surface area contributed by atoms with Crippen molar-refractivity contribution in [2.75, 3.05) is 20.6 Å². The first kappa shape index (κ1) is 23.3. The third-order valence-corrected chi connectivity index (χ3v) is 7.45. The lowest BCUT2D eigenvalue weighted by molar-refractivity contribution is -0.121. The van der Waals surface area contributed by atoms with E-state index in [-0.39, 0.29) is 22.3 Å².